The Morgan fingerprint density at radius 2 is 1.71 bits per heavy atom. The van der Waals surface area contributed by atoms with E-state index in [0.29, 0.717) is 16.9 Å². The third-order valence-electron chi connectivity index (χ3n) is 4.72. The Bertz CT molecular complexity index is 1260. The maximum atomic E-state index is 12.2. The Kier molecular flexibility index (Phi) is 7.49. The molecular weight excluding hydrogens is 444 g/mol. The van der Waals surface area contributed by atoms with Gasteiger partial charge >= 0.3 is 5.69 Å². The standard InChI is InChI=1S/C23H20N4O7/c1-15-3-9-22(20(11-15)27(31)32)34-14-18-12-16(4-10-21(18)33-2)13-24-25-23(28)17-5-7-19(8-6-17)26(29)30/h3-13H,14H2,1-2H3,(H,25,28)/b24-13+. The summed E-state index contributed by atoms with van der Waals surface area (Å²) in [5, 5.41) is 25.9. The third kappa shape index (κ3) is 5.91. The maximum Gasteiger partial charge on any atom is 0.311 e. The molecule has 0 unspecified atom stereocenters. The van der Waals surface area contributed by atoms with Gasteiger partial charge in [0, 0.05) is 29.3 Å². The lowest BCUT2D eigenvalue weighted by Crippen LogP contribution is -2.17. The predicted molar refractivity (Wildman–Crippen MR) is 123 cm³/mol. The molecule has 34 heavy (non-hydrogen) atoms. The molecule has 3 rings (SSSR count). The third-order valence-corrected chi connectivity index (χ3v) is 4.72. The van der Waals surface area contributed by atoms with Gasteiger partial charge in [-0.3, -0.25) is 25.0 Å². The van der Waals surface area contributed by atoms with Crippen LogP contribution in [0, 0.1) is 27.2 Å². The quantitative estimate of drug-likeness (QED) is 0.284. The normalized spacial score (nSPS) is 10.6. The van der Waals surface area contributed by atoms with Crippen LogP contribution >= 0.6 is 0 Å². The van der Waals surface area contributed by atoms with Gasteiger partial charge in [0.25, 0.3) is 11.6 Å². The number of carbonyl (C=O) groups excluding carboxylic acids is 1. The molecule has 0 heterocycles. The summed E-state index contributed by atoms with van der Waals surface area (Å²) in [4.78, 5) is 33.1. The van der Waals surface area contributed by atoms with Gasteiger partial charge in [-0.2, -0.15) is 5.10 Å². The second kappa shape index (κ2) is 10.7. The van der Waals surface area contributed by atoms with Crippen molar-refractivity contribution in [2.45, 2.75) is 13.5 Å². The zero-order valence-corrected chi connectivity index (χ0v) is 18.3. The smallest absolute Gasteiger partial charge is 0.311 e. The summed E-state index contributed by atoms with van der Waals surface area (Å²) >= 11 is 0. The van der Waals surface area contributed by atoms with Crippen LogP contribution in [0.3, 0.4) is 0 Å². The molecule has 11 nitrogen and oxygen atoms in total. The van der Waals surface area contributed by atoms with E-state index in [9.17, 15) is 25.0 Å². The van der Waals surface area contributed by atoms with Crippen LogP contribution in [-0.4, -0.2) is 29.1 Å². The molecule has 0 aliphatic rings. The summed E-state index contributed by atoms with van der Waals surface area (Å²) in [6.07, 6.45) is 1.40. The molecule has 0 aromatic heterocycles. The number of nitro benzene ring substituents is 2. The van der Waals surface area contributed by atoms with Crippen LogP contribution in [-0.2, 0) is 6.61 Å². The lowest BCUT2D eigenvalue weighted by Gasteiger charge is -2.11. The van der Waals surface area contributed by atoms with Crippen LogP contribution in [0.15, 0.2) is 65.8 Å². The average molecular weight is 464 g/mol. The molecule has 0 radical (unpaired) electrons. The zero-order valence-electron chi connectivity index (χ0n) is 18.3. The number of hydrogen-bond donors (Lipinski definition) is 1. The van der Waals surface area contributed by atoms with Crippen LogP contribution in [0.25, 0.3) is 0 Å². The van der Waals surface area contributed by atoms with Crippen LogP contribution in [0.4, 0.5) is 11.4 Å². The number of nitro groups is 2. The van der Waals surface area contributed by atoms with Crippen molar-refractivity contribution < 1.29 is 24.1 Å². The first kappa shape index (κ1) is 23.9. The SMILES string of the molecule is COc1ccc(/C=N/NC(=O)c2ccc([N+](=O)[O-])cc2)cc1COc1ccc(C)cc1[N+](=O)[O-]. The number of aryl methyl sites for hydroxylation is 1. The van der Waals surface area contributed by atoms with Crippen LogP contribution in [0.1, 0.15) is 27.0 Å². The topological polar surface area (TPSA) is 146 Å². The first-order valence-corrected chi connectivity index (χ1v) is 9.91. The van der Waals surface area contributed by atoms with Gasteiger partial charge < -0.3 is 9.47 Å². The molecule has 0 spiro atoms. The summed E-state index contributed by atoms with van der Waals surface area (Å²) in [5.74, 6) is 0.115. The first-order valence-electron chi connectivity index (χ1n) is 9.91. The molecular formula is C23H20N4O7. The number of hydrogen-bond acceptors (Lipinski definition) is 8. The molecule has 0 saturated heterocycles. The molecule has 0 saturated carbocycles. The minimum absolute atomic E-state index is 0.00388. The number of nitrogens with one attached hydrogen (secondary N) is 1. The van der Waals surface area contributed by atoms with E-state index >= 15 is 0 Å². The molecule has 3 aromatic rings. The van der Waals surface area contributed by atoms with Gasteiger partial charge in [0.1, 0.15) is 12.4 Å². The molecule has 0 aliphatic heterocycles. The number of methoxy groups -OCH3 is 1. The number of nitrogens with zero attached hydrogens (tertiary/aromatic N) is 3. The van der Waals surface area contributed by atoms with E-state index < -0.39 is 15.8 Å². The largest absolute Gasteiger partial charge is 0.496 e. The molecule has 0 atom stereocenters. The van der Waals surface area contributed by atoms with Gasteiger partial charge in [0.05, 0.1) is 23.2 Å². The van der Waals surface area contributed by atoms with Gasteiger partial charge in [0.15, 0.2) is 5.75 Å². The summed E-state index contributed by atoms with van der Waals surface area (Å²) < 4.78 is 11.0. The lowest BCUT2D eigenvalue weighted by molar-refractivity contribution is -0.386. The second-order valence-corrected chi connectivity index (χ2v) is 7.09. The van der Waals surface area contributed by atoms with E-state index in [2.05, 4.69) is 10.5 Å². The number of non-ortho nitro benzene ring substituents is 1. The maximum absolute atomic E-state index is 12.2. The summed E-state index contributed by atoms with van der Waals surface area (Å²) in [7, 11) is 1.49. The highest BCUT2D eigenvalue weighted by Gasteiger charge is 2.16. The molecule has 174 valence electrons. The predicted octanol–water partition coefficient (Wildman–Crippen LogP) is 4.16. The van der Waals surface area contributed by atoms with Crippen LogP contribution in [0.2, 0.25) is 0 Å². The summed E-state index contributed by atoms with van der Waals surface area (Å²) in [6, 6.07) is 14.9. The van der Waals surface area contributed by atoms with Crippen molar-refractivity contribution in [2.24, 2.45) is 5.10 Å². The number of benzene rings is 3. The van der Waals surface area contributed by atoms with Gasteiger partial charge in [0.2, 0.25) is 0 Å². The molecule has 11 heteroatoms. The van der Waals surface area contributed by atoms with Crippen LogP contribution < -0.4 is 14.9 Å². The fourth-order valence-corrected chi connectivity index (χ4v) is 3.00. The Morgan fingerprint density at radius 3 is 2.35 bits per heavy atom. The Morgan fingerprint density at radius 1 is 1.00 bits per heavy atom. The highest BCUT2D eigenvalue weighted by Crippen LogP contribution is 2.30. The van der Waals surface area contributed by atoms with Crippen LogP contribution in [0.5, 0.6) is 11.5 Å². The minimum Gasteiger partial charge on any atom is -0.496 e. The highest BCUT2D eigenvalue weighted by atomic mass is 16.6. The fourth-order valence-electron chi connectivity index (χ4n) is 3.00. The molecule has 1 N–H and O–H groups in total. The van der Waals surface area contributed by atoms with Crippen molar-refractivity contribution >= 4 is 23.5 Å². The molecule has 0 fully saturated rings. The van der Waals surface area contributed by atoms with E-state index in [4.69, 9.17) is 9.47 Å². The van der Waals surface area contributed by atoms with Crippen molar-refractivity contribution in [3.05, 3.63) is 103 Å². The number of rotatable bonds is 9. The van der Waals surface area contributed by atoms with Crippen molar-refractivity contribution in [3.63, 3.8) is 0 Å². The van der Waals surface area contributed by atoms with Gasteiger partial charge in [-0.05, 0) is 54.4 Å². The fraction of sp³-hybridized carbons (Fsp3) is 0.130. The second-order valence-electron chi connectivity index (χ2n) is 7.09. The first-order chi connectivity index (χ1) is 16.3. The number of amides is 1. The molecule has 1 amide bonds. The van der Waals surface area contributed by atoms with Crippen molar-refractivity contribution in [3.8, 4) is 11.5 Å². The Hall–Kier alpha value is -4.80. The lowest BCUT2D eigenvalue weighted by atomic mass is 10.1. The van der Waals surface area contributed by atoms with Gasteiger partial charge in [-0.25, -0.2) is 5.43 Å². The molecule has 3 aromatic carbocycles. The number of hydrazone groups is 1. The average Bonchev–Trinajstić information content (AvgIpc) is 2.83. The van der Waals surface area contributed by atoms with Gasteiger partial charge in [-0.15, -0.1) is 0 Å². The van der Waals surface area contributed by atoms with Gasteiger partial charge in [-0.1, -0.05) is 6.07 Å². The minimum atomic E-state index is -0.554. The van der Waals surface area contributed by atoms with E-state index in [0.717, 1.165) is 5.56 Å². The zero-order chi connectivity index (χ0) is 24.7. The van der Waals surface area contributed by atoms with Crippen molar-refractivity contribution in [2.75, 3.05) is 7.11 Å². The highest BCUT2D eigenvalue weighted by molar-refractivity contribution is 5.95. The summed E-state index contributed by atoms with van der Waals surface area (Å²) in [6.45, 7) is 1.76. The van der Waals surface area contributed by atoms with E-state index in [1.165, 1.54) is 43.7 Å². The Balaban J connectivity index is 1.70. The number of carbonyl (C=O) groups is 1. The van der Waals surface area contributed by atoms with Crippen molar-refractivity contribution in [1.29, 1.82) is 0 Å². The molecule has 0 aliphatic carbocycles. The van der Waals surface area contributed by atoms with Crippen molar-refractivity contribution in [1.82, 2.24) is 5.43 Å². The molecule has 0 bridgehead atoms. The van der Waals surface area contributed by atoms with E-state index in [1.54, 1.807) is 37.3 Å². The number of ether oxygens (including phenoxy) is 2. The Labute approximate surface area is 193 Å². The van der Waals surface area contributed by atoms with E-state index in [1.807, 2.05) is 0 Å². The van der Waals surface area contributed by atoms with E-state index in [-0.39, 0.29) is 29.3 Å². The summed E-state index contributed by atoms with van der Waals surface area (Å²) in [5.41, 5.74) is 4.28. The monoisotopic (exact) mass is 464 g/mol.